The van der Waals surface area contributed by atoms with Crippen molar-refractivity contribution in [2.24, 2.45) is 5.92 Å². The van der Waals surface area contributed by atoms with E-state index in [0.29, 0.717) is 18.1 Å². The zero-order chi connectivity index (χ0) is 20.4. The maximum Gasteiger partial charge on any atom is 0.276 e. The van der Waals surface area contributed by atoms with Gasteiger partial charge in [-0.05, 0) is 30.5 Å². The average molecular weight is 384 g/mol. The van der Waals surface area contributed by atoms with E-state index in [1.54, 1.807) is 18.2 Å². The maximum atomic E-state index is 12.7. The lowest BCUT2D eigenvalue weighted by Crippen LogP contribution is -2.46. The molecule has 0 saturated carbocycles. The Kier molecular flexibility index (Phi) is 8.34. The van der Waals surface area contributed by atoms with Crippen molar-refractivity contribution in [2.45, 2.75) is 33.1 Å². The van der Waals surface area contributed by atoms with E-state index in [4.69, 9.17) is 9.47 Å². The summed E-state index contributed by atoms with van der Waals surface area (Å²) in [6.07, 6.45) is 0.845. The van der Waals surface area contributed by atoms with E-state index in [0.717, 1.165) is 12.0 Å². The molecule has 0 aliphatic carbocycles. The van der Waals surface area contributed by atoms with Gasteiger partial charge in [-0.25, -0.2) is 0 Å². The van der Waals surface area contributed by atoms with Gasteiger partial charge in [0.25, 0.3) is 5.91 Å². The molecule has 0 fully saturated rings. The molecule has 2 N–H and O–H groups in total. The van der Waals surface area contributed by atoms with Crippen molar-refractivity contribution < 1.29 is 19.1 Å². The van der Waals surface area contributed by atoms with Crippen molar-refractivity contribution in [1.82, 2.24) is 10.9 Å². The molecular weight excluding hydrogens is 356 g/mol. The number of carbonyl (C=O) groups is 2. The smallest absolute Gasteiger partial charge is 0.276 e. The molecule has 0 aromatic heterocycles. The number of para-hydroxylation sites is 2. The number of ether oxygens (including phenoxy) is 2. The molecule has 0 aliphatic rings. The van der Waals surface area contributed by atoms with Crippen LogP contribution in [0.25, 0.3) is 0 Å². The number of carbonyl (C=O) groups excluding carboxylic acids is 2. The number of rotatable bonds is 9. The molecule has 0 saturated heterocycles. The van der Waals surface area contributed by atoms with Gasteiger partial charge in [0, 0.05) is 0 Å². The number of nitrogens with one attached hydrogen (secondary N) is 2. The molecule has 6 heteroatoms. The minimum absolute atomic E-state index is 0.133. The standard InChI is InChI=1S/C22H28N2O4/c1-4-16(3)21(17-11-7-6-8-12-17)22(26)24-23-20(25)15-28-19-14-10-9-13-18(19)27-5-2/h6-14,16,21H,4-5,15H2,1-3H3,(H,23,25)(H,24,26). The third-order valence-electron chi connectivity index (χ3n) is 4.49. The quantitative estimate of drug-likeness (QED) is 0.650. The number of hydrogen-bond donors (Lipinski definition) is 2. The molecule has 0 radical (unpaired) electrons. The normalized spacial score (nSPS) is 12.5. The van der Waals surface area contributed by atoms with Crippen molar-refractivity contribution in [3.05, 3.63) is 60.2 Å². The van der Waals surface area contributed by atoms with Gasteiger partial charge >= 0.3 is 0 Å². The fourth-order valence-electron chi connectivity index (χ4n) is 2.87. The molecule has 0 spiro atoms. The number of amides is 2. The van der Waals surface area contributed by atoms with Crippen molar-refractivity contribution in [3.63, 3.8) is 0 Å². The van der Waals surface area contributed by atoms with Crippen LogP contribution in [-0.2, 0) is 9.59 Å². The first-order valence-electron chi connectivity index (χ1n) is 9.55. The van der Waals surface area contributed by atoms with Crippen molar-refractivity contribution in [3.8, 4) is 11.5 Å². The van der Waals surface area contributed by atoms with E-state index < -0.39 is 5.91 Å². The van der Waals surface area contributed by atoms with Crippen LogP contribution in [-0.4, -0.2) is 25.0 Å². The number of benzene rings is 2. The summed E-state index contributed by atoms with van der Waals surface area (Å²) < 4.78 is 11.0. The van der Waals surface area contributed by atoms with Gasteiger partial charge in [0.1, 0.15) is 0 Å². The molecule has 2 rings (SSSR count). The second-order valence-electron chi connectivity index (χ2n) is 6.48. The lowest BCUT2D eigenvalue weighted by molar-refractivity contribution is -0.131. The van der Waals surface area contributed by atoms with Gasteiger partial charge in [0.15, 0.2) is 18.1 Å². The van der Waals surface area contributed by atoms with Crippen LogP contribution in [0.1, 0.15) is 38.7 Å². The summed E-state index contributed by atoms with van der Waals surface area (Å²) >= 11 is 0. The van der Waals surface area contributed by atoms with Gasteiger partial charge in [-0.1, -0.05) is 62.7 Å². The molecule has 0 aliphatic heterocycles. The Morgan fingerprint density at radius 1 is 0.893 bits per heavy atom. The summed E-state index contributed by atoms with van der Waals surface area (Å²) in [7, 11) is 0. The molecule has 2 amide bonds. The van der Waals surface area contributed by atoms with Gasteiger partial charge in [-0.15, -0.1) is 0 Å². The van der Waals surface area contributed by atoms with E-state index in [1.807, 2.05) is 57.2 Å². The molecule has 2 aromatic carbocycles. The fourth-order valence-corrected chi connectivity index (χ4v) is 2.87. The Balaban J connectivity index is 1.91. The first-order chi connectivity index (χ1) is 13.6. The summed E-state index contributed by atoms with van der Waals surface area (Å²) in [6.45, 7) is 6.20. The highest BCUT2D eigenvalue weighted by Gasteiger charge is 2.26. The molecule has 150 valence electrons. The van der Waals surface area contributed by atoms with Gasteiger partial charge in [0.05, 0.1) is 12.5 Å². The van der Waals surface area contributed by atoms with Crippen LogP contribution in [0.2, 0.25) is 0 Å². The van der Waals surface area contributed by atoms with Crippen LogP contribution in [0, 0.1) is 5.92 Å². The highest BCUT2D eigenvalue weighted by Crippen LogP contribution is 2.27. The van der Waals surface area contributed by atoms with E-state index in [1.165, 1.54) is 0 Å². The SMILES string of the molecule is CCOc1ccccc1OCC(=O)NNC(=O)C(c1ccccc1)C(C)CC. The molecular formula is C22H28N2O4. The van der Waals surface area contributed by atoms with E-state index >= 15 is 0 Å². The van der Waals surface area contributed by atoms with Gasteiger partial charge in [-0.2, -0.15) is 0 Å². The third-order valence-corrected chi connectivity index (χ3v) is 4.49. The van der Waals surface area contributed by atoms with E-state index in [9.17, 15) is 9.59 Å². The molecule has 28 heavy (non-hydrogen) atoms. The summed E-state index contributed by atoms with van der Waals surface area (Å²) in [5, 5.41) is 0. The predicted octanol–water partition coefficient (Wildman–Crippen LogP) is 3.44. The first kappa shape index (κ1) is 21.3. The summed E-state index contributed by atoms with van der Waals surface area (Å²) in [5.41, 5.74) is 5.87. The summed E-state index contributed by atoms with van der Waals surface area (Å²) in [4.78, 5) is 24.8. The van der Waals surface area contributed by atoms with Crippen LogP contribution in [0.4, 0.5) is 0 Å². The number of hydrogen-bond acceptors (Lipinski definition) is 4. The van der Waals surface area contributed by atoms with Crippen LogP contribution < -0.4 is 20.3 Å². The molecule has 0 bridgehead atoms. The zero-order valence-electron chi connectivity index (χ0n) is 16.6. The third kappa shape index (κ3) is 6.01. The molecule has 2 aromatic rings. The largest absolute Gasteiger partial charge is 0.490 e. The topological polar surface area (TPSA) is 76.7 Å². The zero-order valence-corrected chi connectivity index (χ0v) is 16.6. The Labute approximate surface area is 166 Å². The first-order valence-corrected chi connectivity index (χ1v) is 9.55. The summed E-state index contributed by atoms with van der Waals surface area (Å²) in [5.74, 6) is 0.147. The van der Waals surface area contributed by atoms with Gasteiger partial charge in [-0.3, -0.25) is 20.4 Å². The Morgan fingerprint density at radius 2 is 1.50 bits per heavy atom. The monoisotopic (exact) mass is 384 g/mol. The number of hydrazine groups is 1. The van der Waals surface area contributed by atoms with E-state index in [-0.39, 0.29) is 24.3 Å². The van der Waals surface area contributed by atoms with Crippen LogP contribution in [0.3, 0.4) is 0 Å². The van der Waals surface area contributed by atoms with Crippen LogP contribution >= 0.6 is 0 Å². The van der Waals surface area contributed by atoms with E-state index in [2.05, 4.69) is 10.9 Å². The van der Waals surface area contributed by atoms with Crippen molar-refractivity contribution in [2.75, 3.05) is 13.2 Å². The highest BCUT2D eigenvalue weighted by atomic mass is 16.5. The van der Waals surface area contributed by atoms with Crippen LogP contribution in [0.15, 0.2) is 54.6 Å². The lowest BCUT2D eigenvalue weighted by Gasteiger charge is -2.23. The fraction of sp³-hybridized carbons (Fsp3) is 0.364. The molecule has 2 unspecified atom stereocenters. The molecule has 2 atom stereocenters. The summed E-state index contributed by atoms with van der Waals surface area (Å²) in [6, 6.07) is 16.7. The van der Waals surface area contributed by atoms with Crippen molar-refractivity contribution in [1.29, 1.82) is 0 Å². The predicted molar refractivity (Wildman–Crippen MR) is 108 cm³/mol. The maximum absolute atomic E-state index is 12.7. The van der Waals surface area contributed by atoms with Crippen LogP contribution in [0.5, 0.6) is 11.5 Å². The molecule has 0 heterocycles. The molecule has 6 nitrogen and oxygen atoms in total. The highest BCUT2D eigenvalue weighted by molar-refractivity contribution is 5.87. The van der Waals surface area contributed by atoms with Gasteiger partial charge in [0.2, 0.25) is 5.91 Å². The second kappa shape index (κ2) is 11.0. The van der Waals surface area contributed by atoms with Crippen molar-refractivity contribution >= 4 is 11.8 Å². The Morgan fingerprint density at radius 3 is 2.11 bits per heavy atom. The lowest BCUT2D eigenvalue weighted by atomic mass is 9.85. The second-order valence-corrected chi connectivity index (χ2v) is 6.48. The van der Waals surface area contributed by atoms with Gasteiger partial charge < -0.3 is 9.47 Å². The Bertz CT molecular complexity index is 764. The Hall–Kier alpha value is -3.02. The minimum atomic E-state index is -0.449. The minimum Gasteiger partial charge on any atom is -0.490 e. The average Bonchev–Trinajstić information content (AvgIpc) is 2.72.